The second-order valence-corrected chi connectivity index (χ2v) is 4.24. The van der Waals surface area contributed by atoms with Crippen molar-refractivity contribution in [2.75, 3.05) is 5.75 Å². The summed E-state index contributed by atoms with van der Waals surface area (Å²) in [5, 5.41) is 9.05. The molecule has 16 heavy (non-hydrogen) atoms. The monoisotopic (exact) mass is 238 g/mol. The fourth-order valence-corrected chi connectivity index (χ4v) is 1.92. The Morgan fingerprint density at radius 2 is 2.31 bits per heavy atom. The Balaban J connectivity index is 2.40. The molecular weight excluding hydrogens is 228 g/mol. The standard InChI is InChI=1S/C9H10N4O2S/c1-5-7-8(13(2)4-10-7)12-9(11-5)16-3-6(14)15/h4H,3H2,1-2H3,(H,14,15). The van der Waals surface area contributed by atoms with Crippen molar-refractivity contribution in [2.24, 2.45) is 7.05 Å². The van der Waals surface area contributed by atoms with Crippen LogP contribution in [0.15, 0.2) is 11.5 Å². The Morgan fingerprint density at radius 1 is 1.56 bits per heavy atom. The molecule has 0 unspecified atom stereocenters. The molecule has 0 spiro atoms. The Hall–Kier alpha value is -1.63. The van der Waals surface area contributed by atoms with Crippen LogP contribution in [0.1, 0.15) is 5.69 Å². The minimum atomic E-state index is -0.878. The number of aromatic nitrogens is 4. The number of hydrogen-bond acceptors (Lipinski definition) is 5. The molecule has 2 heterocycles. The summed E-state index contributed by atoms with van der Waals surface area (Å²) in [5.41, 5.74) is 2.24. The largest absolute Gasteiger partial charge is 0.481 e. The van der Waals surface area contributed by atoms with E-state index in [9.17, 15) is 4.79 Å². The van der Waals surface area contributed by atoms with Gasteiger partial charge < -0.3 is 9.67 Å². The maximum atomic E-state index is 10.4. The maximum absolute atomic E-state index is 10.4. The van der Waals surface area contributed by atoms with Gasteiger partial charge in [0.05, 0.1) is 17.8 Å². The smallest absolute Gasteiger partial charge is 0.313 e. The third-order valence-electron chi connectivity index (χ3n) is 2.04. The molecule has 0 fully saturated rings. The normalized spacial score (nSPS) is 10.9. The molecule has 0 saturated carbocycles. The summed E-state index contributed by atoms with van der Waals surface area (Å²) in [6.45, 7) is 1.84. The van der Waals surface area contributed by atoms with Gasteiger partial charge in [0.1, 0.15) is 5.52 Å². The van der Waals surface area contributed by atoms with Gasteiger partial charge >= 0.3 is 5.97 Å². The zero-order valence-electron chi connectivity index (χ0n) is 8.84. The van der Waals surface area contributed by atoms with E-state index < -0.39 is 5.97 Å². The highest BCUT2D eigenvalue weighted by Crippen LogP contribution is 2.18. The fraction of sp³-hybridized carbons (Fsp3) is 0.333. The zero-order valence-corrected chi connectivity index (χ0v) is 9.65. The van der Waals surface area contributed by atoms with Crippen molar-refractivity contribution < 1.29 is 9.90 Å². The summed E-state index contributed by atoms with van der Waals surface area (Å²) in [5.74, 6) is -0.917. The lowest BCUT2D eigenvalue weighted by Crippen LogP contribution is -2.01. The van der Waals surface area contributed by atoms with E-state index >= 15 is 0 Å². The molecule has 84 valence electrons. The molecule has 0 atom stereocenters. The first-order valence-corrected chi connectivity index (χ1v) is 5.56. The number of aliphatic carboxylic acids is 1. The number of aryl methyl sites for hydroxylation is 2. The molecule has 2 rings (SSSR count). The maximum Gasteiger partial charge on any atom is 0.313 e. The Kier molecular flexibility index (Phi) is 2.78. The summed E-state index contributed by atoms with van der Waals surface area (Å²) < 4.78 is 1.79. The van der Waals surface area contributed by atoms with Gasteiger partial charge in [-0.2, -0.15) is 0 Å². The number of rotatable bonds is 3. The van der Waals surface area contributed by atoms with Crippen molar-refractivity contribution in [3.63, 3.8) is 0 Å². The van der Waals surface area contributed by atoms with Gasteiger partial charge in [0.15, 0.2) is 10.8 Å². The van der Waals surface area contributed by atoms with Crippen LogP contribution < -0.4 is 0 Å². The third kappa shape index (κ3) is 1.99. The number of carbonyl (C=O) groups is 1. The molecule has 0 aromatic carbocycles. The number of carboxylic acids is 1. The number of carboxylic acid groups (broad SMARTS) is 1. The van der Waals surface area contributed by atoms with Crippen molar-refractivity contribution in [3.8, 4) is 0 Å². The molecule has 7 heteroatoms. The molecule has 0 aliphatic heterocycles. The molecule has 6 nitrogen and oxygen atoms in total. The molecule has 0 aliphatic carbocycles. The predicted molar refractivity (Wildman–Crippen MR) is 59.4 cm³/mol. The number of hydrogen-bond donors (Lipinski definition) is 1. The highest BCUT2D eigenvalue weighted by atomic mass is 32.2. The molecule has 0 amide bonds. The van der Waals surface area contributed by atoms with Crippen LogP contribution in [-0.4, -0.2) is 36.3 Å². The minimum absolute atomic E-state index is 0.0389. The van der Waals surface area contributed by atoms with Crippen LogP contribution in [0.4, 0.5) is 0 Å². The lowest BCUT2D eigenvalue weighted by Gasteiger charge is -2.01. The second-order valence-electron chi connectivity index (χ2n) is 3.30. The van der Waals surface area contributed by atoms with E-state index in [0.29, 0.717) is 5.16 Å². The van der Waals surface area contributed by atoms with Crippen LogP contribution in [0, 0.1) is 6.92 Å². The van der Waals surface area contributed by atoms with Crippen LogP contribution in [0.5, 0.6) is 0 Å². The molecule has 1 N–H and O–H groups in total. The van der Waals surface area contributed by atoms with Gasteiger partial charge in [-0.25, -0.2) is 15.0 Å². The van der Waals surface area contributed by atoms with Crippen molar-refractivity contribution in [1.82, 2.24) is 19.5 Å². The van der Waals surface area contributed by atoms with Crippen molar-refractivity contribution in [2.45, 2.75) is 12.1 Å². The zero-order chi connectivity index (χ0) is 11.7. The van der Waals surface area contributed by atoms with Crippen molar-refractivity contribution >= 4 is 28.9 Å². The molecule has 0 saturated heterocycles. The minimum Gasteiger partial charge on any atom is -0.481 e. The highest BCUT2D eigenvalue weighted by Gasteiger charge is 2.10. The Labute approximate surface area is 95.7 Å². The molecule has 0 radical (unpaired) electrons. The number of nitrogens with zero attached hydrogens (tertiary/aromatic N) is 4. The summed E-state index contributed by atoms with van der Waals surface area (Å²) in [6.07, 6.45) is 1.66. The molecule has 0 aliphatic rings. The summed E-state index contributed by atoms with van der Waals surface area (Å²) in [4.78, 5) is 23.1. The summed E-state index contributed by atoms with van der Waals surface area (Å²) in [7, 11) is 1.84. The molecular formula is C9H10N4O2S. The summed E-state index contributed by atoms with van der Waals surface area (Å²) in [6, 6.07) is 0. The first-order valence-electron chi connectivity index (χ1n) is 4.58. The van der Waals surface area contributed by atoms with Crippen LogP contribution in [0.2, 0.25) is 0 Å². The molecule has 0 bridgehead atoms. The number of thioether (sulfide) groups is 1. The lowest BCUT2D eigenvalue weighted by atomic mass is 10.4. The van der Waals surface area contributed by atoms with E-state index in [1.807, 2.05) is 14.0 Å². The average Bonchev–Trinajstić information content (AvgIpc) is 2.58. The SMILES string of the molecule is Cc1nc(SCC(=O)O)nc2c1ncn2C. The fourth-order valence-electron chi connectivity index (χ4n) is 1.31. The van der Waals surface area contributed by atoms with E-state index in [1.165, 1.54) is 0 Å². The topological polar surface area (TPSA) is 80.9 Å². The van der Waals surface area contributed by atoms with Gasteiger partial charge in [0, 0.05) is 7.05 Å². The lowest BCUT2D eigenvalue weighted by molar-refractivity contribution is -0.133. The van der Waals surface area contributed by atoms with Crippen LogP contribution >= 0.6 is 11.8 Å². The predicted octanol–water partition coefficient (Wildman–Crippen LogP) is 0.848. The van der Waals surface area contributed by atoms with Crippen molar-refractivity contribution in [1.29, 1.82) is 0 Å². The van der Waals surface area contributed by atoms with Crippen LogP contribution in [0.3, 0.4) is 0 Å². The Bertz CT molecular complexity index is 552. The second kappa shape index (κ2) is 4.09. The Morgan fingerprint density at radius 3 is 3.00 bits per heavy atom. The van der Waals surface area contributed by atoms with Gasteiger partial charge in [-0.05, 0) is 6.92 Å². The van der Waals surface area contributed by atoms with Gasteiger partial charge in [0.25, 0.3) is 0 Å². The molecule has 2 aromatic rings. The van der Waals surface area contributed by atoms with E-state index in [1.54, 1.807) is 10.9 Å². The van der Waals surface area contributed by atoms with E-state index in [-0.39, 0.29) is 5.75 Å². The van der Waals surface area contributed by atoms with E-state index in [2.05, 4.69) is 15.0 Å². The van der Waals surface area contributed by atoms with Gasteiger partial charge in [0.2, 0.25) is 0 Å². The van der Waals surface area contributed by atoms with E-state index in [4.69, 9.17) is 5.11 Å². The van der Waals surface area contributed by atoms with Crippen molar-refractivity contribution in [3.05, 3.63) is 12.0 Å². The van der Waals surface area contributed by atoms with Gasteiger partial charge in [-0.1, -0.05) is 11.8 Å². The van der Waals surface area contributed by atoms with Gasteiger partial charge in [-0.15, -0.1) is 0 Å². The first-order chi connectivity index (χ1) is 7.58. The van der Waals surface area contributed by atoms with E-state index in [0.717, 1.165) is 28.6 Å². The van der Waals surface area contributed by atoms with Gasteiger partial charge in [-0.3, -0.25) is 4.79 Å². The first kappa shape index (κ1) is 10.9. The highest BCUT2D eigenvalue weighted by molar-refractivity contribution is 7.99. The van der Waals surface area contributed by atoms with Crippen LogP contribution in [0.25, 0.3) is 11.2 Å². The third-order valence-corrected chi connectivity index (χ3v) is 2.87. The quantitative estimate of drug-likeness (QED) is 0.630. The summed E-state index contributed by atoms with van der Waals surface area (Å²) >= 11 is 1.11. The molecule has 2 aromatic heterocycles. The average molecular weight is 238 g/mol. The number of fused-ring (bicyclic) bond motifs is 1. The van der Waals surface area contributed by atoms with Crippen LogP contribution in [-0.2, 0) is 11.8 Å². The number of imidazole rings is 1.